The summed E-state index contributed by atoms with van der Waals surface area (Å²) in [5.41, 5.74) is 4.41. The van der Waals surface area contributed by atoms with Crippen LogP contribution in [0.4, 0.5) is 5.69 Å². The van der Waals surface area contributed by atoms with Gasteiger partial charge in [0.2, 0.25) is 0 Å². The van der Waals surface area contributed by atoms with Gasteiger partial charge in [0, 0.05) is 12.1 Å². The molecule has 2 aromatic rings. The molecule has 2 rings (SSSR count). The van der Waals surface area contributed by atoms with Gasteiger partial charge in [-0.25, -0.2) is 0 Å². The summed E-state index contributed by atoms with van der Waals surface area (Å²) in [6, 6.07) is 14.0. The number of quaternary nitrogens is 1. The minimum absolute atomic E-state index is 0.0470. The minimum Gasteiger partial charge on any atom is -0.493 e. The van der Waals surface area contributed by atoms with E-state index in [0.29, 0.717) is 13.2 Å². The summed E-state index contributed by atoms with van der Waals surface area (Å²) in [4.78, 5) is 13.4. The summed E-state index contributed by atoms with van der Waals surface area (Å²) >= 11 is 0. The number of hydrogen-bond acceptors (Lipinski definition) is 2. The van der Waals surface area contributed by atoms with Crippen molar-refractivity contribution >= 4 is 11.6 Å². The molecular weight excluding hydrogens is 312 g/mol. The van der Waals surface area contributed by atoms with Gasteiger partial charge in [-0.3, -0.25) is 4.79 Å². The Bertz CT molecular complexity index is 713. The molecule has 0 radical (unpaired) electrons. The van der Waals surface area contributed by atoms with E-state index in [4.69, 9.17) is 4.74 Å². The highest BCUT2D eigenvalue weighted by Crippen LogP contribution is 2.17. The second-order valence-electron chi connectivity index (χ2n) is 6.70. The van der Waals surface area contributed by atoms with Crippen LogP contribution in [0, 0.1) is 20.8 Å². The van der Waals surface area contributed by atoms with Gasteiger partial charge >= 0.3 is 0 Å². The lowest BCUT2D eigenvalue weighted by atomic mass is 10.1. The van der Waals surface area contributed by atoms with Crippen LogP contribution in [-0.2, 0) is 4.79 Å². The van der Waals surface area contributed by atoms with Crippen LogP contribution in [0.3, 0.4) is 0 Å². The van der Waals surface area contributed by atoms with E-state index in [1.54, 1.807) is 0 Å². The zero-order valence-electron chi connectivity index (χ0n) is 15.7. The maximum Gasteiger partial charge on any atom is 0.279 e. The highest BCUT2D eigenvalue weighted by Gasteiger charge is 2.11. The van der Waals surface area contributed by atoms with Gasteiger partial charge in [0.25, 0.3) is 5.91 Å². The molecule has 2 aromatic carbocycles. The number of aryl methyl sites for hydroxylation is 2. The smallest absolute Gasteiger partial charge is 0.279 e. The normalized spacial score (nSPS) is 11.8. The molecule has 1 atom stereocenters. The molecule has 1 unspecified atom stereocenters. The molecule has 0 fully saturated rings. The van der Waals surface area contributed by atoms with Crippen molar-refractivity contribution < 1.29 is 14.4 Å². The number of likely N-dealkylation sites (N-methyl/N-ethyl adjacent to an activating group) is 1. The summed E-state index contributed by atoms with van der Waals surface area (Å²) in [7, 11) is 2.04. The van der Waals surface area contributed by atoms with E-state index >= 15 is 0 Å². The Morgan fingerprint density at radius 1 is 1.12 bits per heavy atom. The Balaban J connectivity index is 1.70. The molecule has 0 heterocycles. The fraction of sp³-hybridized carbons (Fsp3) is 0.381. The number of amides is 1. The van der Waals surface area contributed by atoms with Crippen LogP contribution in [0.15, 0.2) is 42.5 Å². The summed E-state index contributed by atoms with van der Waals surface area (Å²) in [5.74, 6) is 0.955. The molecule has 0 saturated heterocycles. The number of ether oxygens (including phenoxy) is 1. The summed E-state index contributed by atoms with van der Waals surface area (Å²) in [5, 5.41) is 3.01. The van der Waals surface area contributed by atoms with E-state index in [1.165, 1.54) is 16.0 Å². The first kappa shape index (κ1) is 19.0. The molecular formula is C21H29N2O2+. The van der Waals surface area contributed by atoms with Crippen LogP contribution in [-0.4, -0.2) is 32.7 Å². The minimum atomic E-state index is 0.0470. The third-order valence-corrected chi connectivity index (χ3v) is 4.35. The van der Waals surface area contributed by atoms with Crippen LogP contribution < -0.4 is 15.0 Å². The predicted octanol–water partition coefficient (Wildman–Crippen LogP) is 2.53. The first-order valence-electron chi connectivity index (χ1n) is 8.82. The highest BCUT2D eigenvalue weighted by atomic mass is 16.5. The monoisotopic (exact) mass is 341 g/mol. The number of benzene rings is 2. The molecule has 0 saturated carbocycles. The average Bonchev–Trinajstić information content (AvgIpc) is 2.56. The quantitative estimate of drug-likeness (QED) is 0.725. The number of carbonyl (C=O) groups excluding carboxylic acids is 1. The van der Waals surface area contributed by atoms with Crippen molar-refractivity contribution in [2.45, 2.75) is 27.2 Å². The van der Waals surface area contributed by atoms with E-state index in [-0.39, 0.29) is 5.91 Å². The lowest BCUT2D eigenvalue weighted by molar-refractivity contribution is -0.871. The fourth-order valence-corrected chi connectivity index (χ4v) is 2.71. The maximum absolute atomic E-state index is 12.2. The van der Waals surface area contributed by atoms with E-state index in [1.807, 2.05) is 44.3 Å². The number of nitrogens with one attached hydrogen (secondary N) is 2. The first-order chi connectivity index (χ1) is 12.0. The van der Waals surface area contributed by atoms with Crippen molar-refractivity contribution in [3.8, 4) is 5.75 Å². The highest BCUT2D eigenvalue weighted by molar-refractivity contribution is 5.92. The standard InChI is InChI=1S/C21H28N2O2/c1-16-8-5-10-19(14-16)25-13-7-12-23(4)15-21(24)22-20-11-6-9-17(2)18(20)3/h5-6,8-11,14H,7,12-13,15H2,1-4H3,(H,22,24)/p+1. The Morgan fingerprint density at radius 2 is 1.88 bits per heavy atom. The molecule has 0 bridgehead atoms. The number of hydrogen-bond donors (Lipinski definition) is 2. The van der Waals surface area contributed by atoms with Crippen molar-refractivity contribution in [2.75, 3.05) is 32.1 Å². The van der Waals surface area contributed by atoms with Gasteiger partial charge in [-0.2, -0.15) is 0 Å². The van der Waals surface area contributed by atoms with Crippen LogP contribution in [0.2, 0.25) is 0 Å². The Hall–Kier alpha value is -2.33. The van der Waals surface area contributed by atoms with Gasteiger partial charge in [0.1, 0.15) is 5.75 Å². The van der Waals surface area contributed by atoms with Crippen LogP contribution >= 0.6 is 0 Å². The molecule has 0 aliphatic carbocycles. The van der Waals surface area contributed by atoms with Crippen molar-refractivity contribution in [1.29, 1.82) is 0 Å². The number of carbonyl (C=O) groups is 1. The third-order valence-electron chi connectivity index (χ3n) is 4.35. The van der Waals surface area contributed by atoms with Gasteiger partial charge in [-0.15, -0.1) is 0 Å². The topological polar surface area (TPSA) is 42.8 Å². The third kappa shape index (κ3) is 6.24. The predicted molar refractivity (Wildman–Crippen MR) is 102 cm³/mol. The lowest BCUT2D eigenvalue weighted by Crippen LogP contribution is -3.10. The average molecular weight is 341 g/mol. The first-order valence-corrected chi connectivity index (χ1v) is 8.82. The van der Waals surface area contributed by atoms with Crippen molar-refractivity contribution in [1.82, 2.24) is 0 Å². The second kappa shape index (κ2) is 9.23. The van der Waals surface area contributed by atoms with Gasteiger partial charge in [-0.05, 0) is 55.7 Å². The fourth-order valence-electron chi connectivity index (χ4n) is 2.71. The molecule has 1 amide bonds. The van der Waals surface area contributed by atoms with Crippen molar-refractivity contribution in [3.05, 3.63) is 59.2 Å². The second-order valence-corrected chi connectivity index (χ2v) is 6.70. The summed E-state index contributed by atoms with van der Waals surface area (Å²) < 4.78 is 5.75. The van der Waals surface area contributed by atoms with Crippen molar-refractivity contribution in [3.63, 3.8) is 0 Å². The zero-order chi connectivity index (χ0) is 18.2. The number of rotatable bonds is 8. The Kier molecular flexibility index (Phi) is 7.02. The zero-order valence-corrected chi connectivity index (χ0v) is 15.7. The molecule has 134 valence electrons. The van der Waals surface area contributed by atoms with Gasteiger partial charge in [-0.1, -0.05) is 24.3 Å². The molecule has 0 aliphatic heterocycles. The van der Waals surface area contributed by atoms with E-state index in [0.717, 1.165) is 30.0 Å². The van der Waals surface area contributed by atoms with Gasteiger partial charge in [0.05, 0.1) is 20.2 Å². The van der Waals surface area contributed by atoms with E-state index in [9.17, 15) is 4.79 Å². The van der Waals surface area contributed by atoms with Gasteiger partial charge < -0.3 is 15.0 Å². The van der Waals surface area contributed by atoms with Gasteiger partial charge in [0.15, 0.2) is 6.54 Å². The molecule has 25 heavy (non-hydrogen) atoms. The molecule has 0 aliphatic rings. The lowest BCUT2D eigenvalue weighted by Gasteiger charge is -2.15. The van der Waals surface area contributed by atoms with Crippen molar-refractivity contribution in [2.24, 2.45) is 0 Å². The van der Waals surface area contributed by atoms with Crippen LogP contribution in [0.1, 0.15) is 23.1 Å². The SMILES string of the molecule is Cc1cccc(OCCC[NH+](C)CC(=O)Nc2cccc(C)c2C)c1. The molecule has 2 N–H and O–H groups in total. The van der Waals surface area contributed by atoms with Crippen LogP contribution in [0.5, 0.6) is 5.75 Å². The molecule has 0 spiro atoms. The molecule has 4 nitrogen and oxygen atoms in total. The Labute approximate surface area is 150 Å². The maximum atomic E-state index is 12.2. The largest absolute Gasteiger partial charge is 0.493 e. The summed E-state index contributed by atoms with van der Waals surface area (Å²) in [6.45, 7) is 8.16. The molecule has 4 heteroatoms. The summed E-state index contributed by atoms with van der Waals surface area (Å²) in [6.07, 6.45) is 0.913. The number of anilines is 1. The Morgan fingerprint density at radius 3 is 2.64 bits per heavy atom. The van der Waals surface area contributed by atoms with E-state index < -0.39 is 0 Å². The van der Waals surface area contributed by atoms with E-state index in [2.05, 4.69) is 31.3 Å². The molecule has 0 aromatic heterocycles. The van der Waals surface area contributed by atoms with Crippen LogP contribution in [0.25, 0.3) is 0 Å².